The Balaban J connectivity index is 1.83. The number of amides is 3. The molecule has 0 aliphatic carbocycles. The first-order valence-electron chi connectivity index (χ1n) is 8.67. The van der Waals surface area contributed by atoms with E-state index in [1.807, 2.05) is 36.6 Å². The topological polar surface area (TPSA) is 122 Å². The molecule has 2 aromatic heterocycles. The van der Waals surface area contributed by atoms with E-state index >= 15 is 0 Å². The van der Waals surface area contributed by atoms with Crippen LogP contribution in [0.15, 0.2) is 41.3 Å². The number of benzene rings is 1. The summed E-state index contributed by atoms with van der Waals surface area (Å²) in [6, 6.07) is 7.12. The van der Waals surface area contributed by atoms with E-state index in [0.717, 1.165) is 11.3 Å². The van der Waals surface area contributed by atoms with Crippen molar-refractivity contribution in [2.45, 2.75) is 13.8 Å². The molecule has 0 fully saturated rings. The highest BCUT2D eigenvalue weighted by Crippen LogP contribution is 2.38. The summed E-state index contributed by atoms with van der Waals surface area (Å²) in [4.78, 5) is 33.0. The molecule has 0 aliphatic rings. The molecular formula is C19H20N6O2S2. The second-order valence-electron chi connectivity index (χ2n) is 5.98. The molecule has 0 saturated heterocycles. The van der Waals surface area contributed by atoms with Gasteiger partial charge in [0.25, 0.3) is 5.91 Å². The molecule has 29 heavy (non-hydrogen) atoms. The standard InChI is InChI=1S/C19H20N6O2S2/c1-4-10(2)16(26)22-12-7-5-6-11(8-12)13-9-28-17(23-13)14-15(20)24-19(29-14)25-18(27)21-3/h4-9H,20H2,1-3H3,(H,22,26)(H2,21,24,25,27)/b10-4+. The molecule has 150 valence electrons. The summed E-state index contributed by atoms with van der Waals surface area (Å²) < 4.78 is 0. The van der Waals surface area contributed by atoms with Crippen LogP contribution in [0.5, 0.6) is 0 Å². The number of hydrogen-bond donors (Lipinski definition) is 4. The Labute approximate surface area is 175 Å². The number of nitrogen functional groups attached to an aromatic ring is 1. The normalized spacial score (nSPS) is 11.2. The molecule has 3 aromatic rings. The lowest BCUT2D eigenvalue weighted by Crippen LogP contribution is -2.24. The Morgan fingerprint density at radius 3 is 2.72 bits per heavy atom. The zero-order chi connectivity index (χ0) is 21.0. The van der Waals surface area contributed by atoms with Gasteiger partial charge in [-0.25, -0.2) is 14.8 Å². The van der Waals surface area contributed by atoms with Crippen LogP contribution in [0.25, 0.3) is 21.1 Å². The predicted molar refractivity (Wildman–Crippen MR) is 119 cm³/mol. The van der Waals surface area contributed by atoms with Crippen LogP contribution >= 0.6 is 22.7 Å². The molecule has 3 amide bonds. The number of allylic oxidation sites excluding steroid dienone is 1. The lowest BCUT2D eigenvalue weighted by molar-refractivity contribution is -0.112. The molecule has 8 nitrogen and oxygen atoms in total. The molecule has 0 radical (unpaired) electrons. The molecule has 2 heterocycles. The molecular weight excluding hydrogens is 408 g/mol. The number of nitrogens with two attached hydrogens (primary N) is 1. The number of aromatic nitrogens is 2. The van der Waals surface area contributed by atoms with Crippen LogP contribution in [0.1, 0.15) is 13.8 Å². The summed E-state index contributed by atoms with van der Waals surface area (Å²) in [5, 5.41) is 11.0. The van der Waals surface area contributed by atoms with Gasteiger partial charge in [-0.2, -0.15) is 0 Å². The third-order valence-electron chi connectivity index (χ3n) is 4.01. The van der Waals surface area contributed by atoms with Crippen molar-refractivity contribution in [3.63, 3.8) is 0 Å². The van der Waals surface area contributed by atoms with E-state index in [4.69, 9.17) is 5.73 Å². The van der Waals surface area contributed by atoms with E-state index in [0.29, 0.717) is 32.1 Å². The number of hydrogen-bond acceptors (Lipinski definition) is 7. The predicted octanol–water partition coefficient (Wildman–Crippen LogP) is 4.17. The Morgan fingerprint density at radius 2 is 2.00 bits per heavy atom. The summed E-state index contributed by atoms with van der Waals surface area (Å²) >= 11 is 2.69. The fourth-order valence-corrected chi connectivity index (χ4v) is 4.13. The highest BCUT2D eigenvalue weighted by Gasteiger charge is 2.16. The van der Waals surface area contributed by atoms with E-state index in [2.05, 4.69) is 25.9 Å². The van der Waals surface area contributed by atoms with E-state index in [1.54, 1.807) is 13.0 Å². The van der Waals surface area contributed by atoms with Crippen molar-refractivity contribution in [2.24, 2.45) is 0 Å². The van der Waals surface area contributed by atoms with Gasteiger partial charge in [0.1, 0.15) is 15.7 Å². The first kappa shape index (κ1) is 20.5. The minimum atomic E-state index is -0.364. The van der Waals surface area contributed by atoms with Gasteiger partial charge in [0.15, 0.2) is 5.13 Å². The van der Waals surface area contributed by atoms with Crippen LogP contribution in [0.4, 0.5) is 21.4 Å². The molecule has 0 spiro atoms. The summed E-state index contributed by atoms with van der Waals surface area (Å²) in [7, 11) is 1.52. The second kappa shape index (κ2) is 8.84. The molecule has 5 N–H and O–H groups in total. The van der Waals surface area contributed by atoms with Crippen molar-refractivity contribution < 1.29 is 9.59 Å². The van der Waals surface area contributed by atoms with Gasteiger partial charge in [-0.1, -0.05) is 29.5 Å². The van der Waals surface area contributed by atoms with Crippen molar-refractivity contribution in [3.05, 3.63) is 41.3 Å². The molecule has 1 aromatic carbocycles. The molecule has 0 unspecified atom stereocenters. The van der Waals surface area contributed by atoms with Crippen molar-refractivity contribution in [3.8, 4) is 21.1 Å². The van der Waals surface area contributed by atoms with Crippen molar-refractivity contribution in [1.82, 2.24) is 15.3 Å². The lowest BCUT2D eigenvalue weighted by Gasteiger charge is -2.06. The summed E-state index contributed by atoms with van der Waals surface area (Å²) in [6.45, 7) is 3.58. The number of carbonyl (C=O) groups is 2. The van der Waals surface area contributed by atoms with E-state index in [1.165, 1.54) is 29.7 Å². The van der Waals surface area contributed by atoms with Gasteiger partial charge in [0.2, 0.25) is 0 Å². The largest absolute Gasteiger partial charge is 0.382 e. The van der Waals surface area contributed by atoms with Gasteiger partial charge >= 0.3 is 6.03 Å². The van der Waals surface area contributed by atoms with E-state index < -0.39 is 0 Å². The summed E-state index contributed by atoms with van der Waals surface area (Å²) in [5.41, 5.74) is 8.97. The van der Waals surface area contributed by atoms with Crippen LogP contribution in [0, 0.1) is 0 Å². The molecule has 10 heteroatoms. The number of nitrogens with zero attached hydrogens (tertiary/aromatic N) is 2. The van der Waals surface area contributed by atoms with Gasteiger partial charge in [0.05, 0.1) is 5.69 Å². The van der Waals surface area contributed by atoms with Crippen molar-refractivity contribution in [2.75, 3.05) is 23.4 Å². The van der Waals surface area contributed by atoms with Crippen LogP contribution in [-0.4, -0.2) is 29.0 Å². The van der Waals surface area contributed by atoms with Crippen LogP contribution in [-0.2, 0) is 4.79 Å². The number of thiazole rings is 2. The van der Waals surface area contributed by atoms with E-state index in [-0.39, 0.29) is 11.9 Å². The number of nitrogens with one attached hydrogen (secondary N) is 3. The Hall–Kier alpha value is -3.24. The maximum atomic E-state index is 12.1. The van der Waals surface area contributed by atoms with E-state index in [9.17, 15) is 9.59 Å². The SMILES string of the molecule is C/C=C(\C)C(=O)Nc1cccc(-c2csc(-c3sc(NC(=O)NC)nc3N)n2)c1. The quantitative estimate of drug-likeness (QED) is 0.454. The van der Waals surface area contributed by atoms with Crippen molar-refractivity contribution in [1.29, 1.82) is 0 Å². The van der Waals surface area contributed by atoms with Gasteiger partial charge < -0.3 is 16.4 Å². The first-order chi connectivity index (χ1) is 13.9. The second-order valence-corrected chi connectivity index (χ2v) is 7.84. The number of anilines is 3. The van der Waals surface area contributed by atoms with Gasteiger partial charge in [-0.3, -0.25) is 10.1 Å². The minimum absolute atomic E-state index is 0.141. The molecule has 0 saturated carbocycles. The van der Waals surface area contributed by atoms with Crippen molar-refractivity contribution >= 4 is 51.2 Å². The molecule has 0 bridgehead atoms. The number of urea groups is 1. The third-order valence-corrected chi connectivity index (χ3v) is 5.99. The zero-order valence-corrected chi connectivity index (χ0v) is 17.7. The van der Waals surface area contributed by atoms with Crippen LogP contribution in [0.2, 0.25) is 0 Å². The maximum Gasteiger partial charge on any atom is 0.320 e. The highest BCUT2D eigenvalue weighted by atomic mass is 32.1. The summed E-state index contributed by atoms with van der Waals surface area (Å²) in [6.07, 6.45) is 1.76. The average Bonchev–Trinajstić information content (AvgIpc) is 3.34. The lowest BCUT2D eigenvalue weighted by atomic mass is 10.1. The van der Waals surface area contributed by atoms with Gasteiger partial charge in [0, 0.05) is 29.3 Å². The Kier molecular flexibility index (Phi) is 6.25. The molecule has 3 rings (SSSR count). The number of carbonyl (C=O) groups excluding carboxylic acids is 2. The monoisotopic (exact) mass is 428 g/mol. The van der Waals surface area contributed by atoms with Crippen LogP contribution < -0.4 is 21.7 Å². The fourth-order valence-electron chi connectivity index (χ4n) is 2.33. The molecule has 0 atom stereocenters. The Morgan fingerprint density at radius 1 is 1.21 bits per heavy atom. The van der Waals surface area contributed by atoms with Gasteiger partial charge in [-0.05, 0) is 26.0 Å². The third kappa shape index (κ3) is 4.79. The smallest absolute Gasteiger partial charge is 0.320 e. The average molecular weight is 429 g/mol. The van der Waals surface area contributed by atoms with Crippen LogP contribution in [0.3, 0.4) is 0 Å². The fraction of sp³-hybridized carbons (Fsp3) is 0.158. The maximum absolute atomic E-state index is 12.1. The Bertz CT molecular complexity index is 1090. The number of rotatable bonds is 5. The first-order valence-corrected chi connectivity index (χ1v) is 10.4. The van der Waals surface area contributed by atoms with Gasteiger partial charge in [-0.15, -0.1) is 11.3 Å². The zero-order valence-electron chi connectivity index (χ0n) is 16.1. The molecule has 0 aliphatic heterocycles. The highest BCUT2D eigenvalue weighted by molar-refractivity contribution is 7.23. The summed E-state index contributed by atoms with van der Waals surface area (Å²) in [5.74, 6) is 0.169. The minimum Gasteiger partial charge on any atom is -0.382 e.